The number of ether oxygens (including phenoxy) is 1. The van der Waals surface area contributed by atoms with Crippen LogP contribution in [0.1, 0.15) is 32.6 Å². The first-order valence-electron chi connectivity index (χ1n) is 6.27. The van der Waals surface area contributed by atoms with E-state index >= 15 is 0 Å². The van der Waals surface area contributed by atoms with E-state index in [1.807, 2.05) is 6.92 Å². The van der Waals surface area contributed by atoms with Crippen LogP contribution in [0.15, 0.2) is 0 Å². The summed E-state index contributed by atoms with van der Waals surface area (Å²) in [6.07, 6.45) is 4.61. The molecule has 1 amide bonds. The molecule has 1 aliphatic rings. The molecule has 0 aromatic rings. The Kier molecular flexibility index (Phi) is 5.60. The quantitative estimate of drug-likeness (QED) is 0.798. The Morgan fingerprint density at radius 2 is 2.00 bits per heavy atom. The molecule has 0 aliphatic heterocycles. The van der Waals surface area contributed by atoms with E-state index in [1.54, 1.807) is 11.9 Å². The van der Waals surface area contributed by atoms with Crippen LogP contribution in [0.25, 0.3) is 0 Å². The summed E-state index contributed by atoms with van der Waals surface area (Å²) in [5.74, 6) is 1.00. The Balaban J connectivity index is 2.32. The highest BCUT2D eigenvalue weighted by molar-refractivity contribution is 5.67. The first kappa shape index (κ1) is 13.3. The van der Waals surface area contributed by atoms with Gasteiger partial charge in [-0.2, -0.15) is 0 Å². The molecule has 94 valence electrons. The highest BCUT2D eigenvalue weighted by Crippen LogP contribution is 2.29. The standard InChI is InChI=1S/C12H24N2O2/c1-3-14(2)12(15)16-9-11-7-5-4-6-10(11)8-13/h10-11H,3-9,13H2,1-2H3. The molecule has 0 aromatic carbocycles. The predicted octanol–water partition coefficient (Wildman–Crippen LogP) is 1.84. The summed E-state index contributed by atoms with van der Waals surface area (Å²) in [4.78, 5) is 13.1. The van der Waals surface area contributed by atoms with Crippen molar-refractivity contribution in [3.63, 3.8) is 0 Å². The van der Waals surface area contributed by atoms with Crippen molar-refractivity contribution in [2.75, 3.05) is 26.7 Å². The Bertz CT molecular complexity index is 221. The molecule has 2 unspecified atom stereocenters. The molecule has 0 heterocycles. The normalized spacial score (nSPS) is 25.2. The highest BCUT2D eigenvalue weighted by atomic mass is 16.6. The number of hydrogen-bond donors (Lipinski definition) is 1. The van der Waals surface area contributed by atoms with Crippen molar-refractivity contribution in [3.05, 3.63) is 0 Å². The summed E-state index contributed by atoms with van der Waals surface area (Å²) >= 11 is 0. The maximum absolute atomic E-state index is 11.5. The topological polar surface area (TPSA) is 55.6 Å². The third-order valence-corrected chi connectivity index (χ3v) is 3.58. The number of nitrogens with two attached hydrogens (primary N) is 1. The minimum absolute atomic E-state index is 0.219. The van der Waals surface area contributed by atoms with Crippen LogP contribution in [-0.2, 0) is 4.74 Å². The second-order valence-electron chi connectivity index (χ2n) is 4.63. The van der Waals surface area contributed by atoms with Crippen molar-refractivity contribution in [3.8, 4) is 0 Å². The summed E-state index contributed by atoms with van der Waals surface area (Å²) in [5.41, 5.74) is 5.74. The fourth-order valence-corrected chi connectivity index (χ4v) is 2.23. The Morgan fingerprint density at radius 3 is 2.56 bits per heavy atom. The van der Waals surface area contributed by atoms with Gasteiger partial charge in [-0.15, -0.1) is 0 Å². The second-order valence-corrected chi connectivity index (χ2v) is 4.63. The zero-order valence-electron chi connectivity index (χ0n) is 10.4. The number of amides is 1. The zero-order valence-corrected chi connectivity index (χ0v) is 10.4. The van der Waals surface area contributed by atoms with Gasteiger partial charge in [0.15, 0.2) is 0 Å². The van der Waals surface area contributed by atoms with E-state index in [4.69, 9.17) is 10.5 Å². The monoisotopic (exact) mass is 228 g/mol. The number of carbonyl (C=O) groups excluding carboxylic acids is 1. The van der Waals surface area contributed by atoms with Crippen molar-refractivity contribution < 1.29 is 9.53 Å². The Morgan fingerprint density at radius 1 is 1.38 bits per heavy atom. The Hall–Kier alpha value is -0.770. The van der Waals surface area contributed by atoms with E-state index in [0.717, 1.165) is 6.42 Å². The fraction of sp³-hybridized carbons (Fsp3) is 0.917. The lowest BCUT2D eigenvalue weighted by molar-refractivity contribution is 0.0724. The summed E-state index contributed by atoms with van der Waals surface area (Å²) in [6.45, 7) is 3.87. The summed E-state index contributed by atoms with van der Waals surface area (Å²) in [6, 6.07) is 0. The molecule has 0 spiro atoms. The average Bonchev–Trinajstić information content (AvgIpc) is 2.35. The molecule has 0 radical (unpaired) electrons. The van der Waals surface area contributed by atoms with E-state index in [0.29, 0.717) is 31.5 Å². The molecular formula is C12H24N2O2. The van der Waals surface area contributed by atoms with Gasteiger partial charge in [-0.05, 0) is 38.1 Å². The van der Waals surface area contributed by atoms with Crippen LogP contribution >= 0.6 is 0 Å². The minimum atomic E-state index is -0.219. The number of hydrogen-bond acceptors (Lipinski definition) is 3. The summed E-state index contributed by atoms with van der Waals surface area (Å²) in [5, 5.41) is 0. The van der Waals surface area contributed by atoms with Crippen LogP contribution in [0.2, 0.25) is 0 Å². The van der Waals surface area contributed by atoms with Crippen molar-refractivity contribution in [2.45, 2.75) is 32.6 Å². The van der Waals surface area contributed by atoms with Crippen LogP contribution in [0.5, 0.6) is 0 Å². The van der Waals surface area contributed by atoms with Crippen LogP contribution in [-0.4, -0.2) is 37.7 Å². The van der Waals surface area contributed by atoms with Crippen LogP contribution in [0.4, 0.5) is 4.79 Å². The molecule has 0 aromatic heterocycles. The molecule has 4 heteroatoms. The molecule has 1 aliphatic carbocycles. The van der Waals surface area contributed by atoms with Crippen LogP contribution in [0, 0.1) is 11.8 Å². The molecule has 2 atom stereocenters. The van der Waals surface area contributed by atoms with E-state index in [-0.39, 0.29) is 6.09 Å². The zero-order chi connectivity index (χ0) is 12.0. The van der Waals surface area contributed by atoms with Gasteiger partial charge in [-0.3, -0.25) is 0 Å². The van der Waals surface area contributed by atoms with Crippen molar-refractivity contribution >= 4 is 6.09 Å². The number of rotatable bonds is 4. The predicted molar refractivity (Wildman–Crippen MR) is 64.2 cm³/mol. The van der Waals surface area contributed by atoms with Crippen molar-refractivity contribution in [1.82, 2.24) is 4.90 Å². The van der Waals surface area contributed by atoms with E-state index in [1.165, 1.54) is 19.3 Å². The van der Waals surface area contributed by atoms with Gasteiger partial charge >= 0.3 is 6.09 Å². The van der Waals surface area contributed by atoms with Gasteiger partial charge in [-0.25, -0.2) is 4.79 Å². The highest BCUT2D eigenvalue weighted by Gasteiger charge is 2.25. The van der Waals surface area contributed by atoms with Crippen LogP contribution in [0.3, 0.4) is 0 Å². The lowest BCUT2D eigenvalue weighted by Gasteiger charge is -2.30. The lowest BCUT2D eigenvalue weighted by atomic mass is 9.80. The average molecular weight is 228 g/mol. The van der Waals surface area contributed by atoms with E-state index in [9.17, 15) is 4.79 Å². The molecule has 16 heavy (non-hydrogen) atoms. The largest absolute Gasteiger partial charge is 0.449 e. The molecular weight excluding hydrogens is 204 g/mol. The third-order valence-electron chi connectivity index (χ3n) is 3.58. The van der Waals surface area contributed by atoms with Gasteiger partial charge in [0.25, 0.3) is 0 Å². The fourth-order valence-electron chi connectivity index (χ4n) is 2.23. The molecule has 4 nitrogen and oxygen atoms in total. The summed E-state index contributed by atoms with van der Waals surface area (Å²) < 4.78 is 5.30. The first-order valence-corrected chi connectivity index (χ1v) is 6.27. The van der Waals surface area contributed by atoms with Gasteiger partial charge in [0.2, 0.25) is 0 Å². The number of nitrogens with zero attached hydrogens (tertiary/aromatic N) is 1. The molecule has 2 N–H and O–H groups in total. The molecule has 0 saturated heterocycles. The second kappa shape index (κ2) is 6.74. The van der Waals surface area contributed by atoms with E-state index in [2.05, 4.69) is 0 Å². The van der Waals surface area contributed by atoms with Gasteiger partial charge in [0, 0.05) is 13.6 Å². The van der Waals surface area contributed by atoms with E-state index < -0.39 is 0 Å². The minimum Gasteiger partial charge on any atom is -0.449 e. The SMILES string of the molecule is CCN(C)C(=O)OCC1CCCCC1CN. The van der Waals surface area contributed by atoms with Crippen molar-refractivity contribution in [1.29, 1.82) is 0 Å². The lowest BCUT2D eigenvalue weighted by Crippen LogP contribution is -2.33. The molecule has 1 fully saturated rings. The van der Waals surface area contributed by atoms with Crippen molar-refractivity contribution in [2.24, 2.45) is 17.6 Å². The van der Waals surface area contributed by atoms with Gasteiger partial charge in [0.05, 0.1) is 6.61 Å². The maximum Gasteiger partial charge on any atom is 0.409 e. The molecule has 1 saturated carbocycles. The molecule has 0 bridgehead atoms. The Labute approximate surface area is 98.1 Å². The summed E-state index contributed by atoms with van der Waals surface area (Å²) in [7, 11) is 1.75. The van der Waals surface area contributed by atoms with Gasteiger partial charge in [0.1, 0.15) is 0 Å². The number of carbonyl (C=O) groups is 1. The van der Waals surface area contributed by atoms with Gasteiger partial charge in [-0.1, -0.05) is 12.8 Å². The van der Waals surface area contributed by atoms with Crippen LogP contribution < -0.4 is 5.73 Å². The third kappa shape index (κ3) is 3.67. The first-order chi connectivity index (χ1) is 7.69. The molecule has 1 rings (SSSR count). The van der Waals surface area contributed by atoms with Gasteiger partial charge < -0.3 is 15.4 Å². The smallest absolute Gasteiger partial charge is 0.409 e. The maximum atomic E-state index is 11.5.